The summed E-state index contributed by atoms with van der Waals surface area (Å²) in [6.07, 6.45) is -6.08. The third kappa shape index (κ3) is 3.37. The second-order valence-corrected chi connectivity index (χ2v) is 2.50. The molecule has 0 bridgehead atoms. The normalized spacial score (nSPS) is 21.4. The van der Waals surface area contributed by atoms with Gasteiger partial charge in [0.1, 0.15) is 24.4 Å². The van der Waals surface area contributed by atoms with Crippen LogP contribution in [0.4, 0.5) is 0 Å². The molecule has 6 nitrogen and oxygen atoms in total. The summed E-state index contributed by atoms with van der Waals surface area (Å²) in [5, 5.41) is 35.8. The first-order chi connectivity index (χ1) is 6.58. The molecule has 13 heavy (non-hydrogen) atoms. The molecule has 0 aromatic heterocycles. The lowest BCUT2D eigenvalue weighted by molar-refractivity contribution is -0.143. The Morgan fingerprint density at radius 3 is 2.54 bits per heavy atom. The Bertz CT molecular complexity index is 166. The summed E-state index contributed by atoms with van der Waals surface area (Å²) in [5.74, 6) is 0. The van der Waals surface area contributed by atoms with Crippen molar-refractivity contribution < 1.29 is 31.3 Å². The molecule has 0 aromatic rings. The van der Waals surface area contributed by atoms with Crippen LogP contribution in [-0.2, 0) is 9.53 Å². The van der Waals surface area contributed by atoms with Gasteiger partial charge >= 0.3 is 0 Å². The summed E-state index contributed by atoms with van der Waals surface area (Å²) in [5.41, 5.74) is 0. The maximum atomic E-state index is 10.2. The third-order valence-electron chi connectivity index (χ3n) is 1.59. The lowest BCUT2D eigenvalue weighted by atomic mass is 10.0. The molecule has 0 radical (unpaired) electrons. The van der Waals surface area contributed by atoms with Gasteiger partial charge in [-0.25, -0.2) is 0 Å². The minimum Gasteiger partial charge on any atom is -0.394 e. The van der Waals surface area contributed by atoms with Crippen LogP contribution < -0.4 is 0 Å². The molecule has 0 unspecified atom stereocenters. The molecule has 4 N–H and O–H groups in total. The van der Waals surface area contributed by atoms with Crippen molar-refractivity contribution in [1.82, 2.24) is 0 Å². The molecule has 0 saturated heterocycles. The predicted molar refractivity (Wildman–Crippen MR) is 42.0 cm³/mol. The fourth-order valence-corrected chi connectivity index (χ4v) is 0.804. The highest BCUT2D eigenvalue weighted by Gasteiger charge is 2.31. The van der Waals surface area contributed by atoms with Crippen molar-refractivity contribution in [2.75, 3.05) is 13.7 Å². The predicted octanol–water partition coefficient (Wildman–Crippen LogP) is -2.72. The number of carbonyl (C=O) groups is 1. The Kier molecular flexibility index (Phi) is 4.87. The first-order valence-electron chi connectivity index (χ1n) is 4.30. The van der Waals surface area contributed by atoms with Crippen LogP contribution >= 0.6 is 0 Å². The number of methoxy groups -OCH3 is 1. The zero-order valence-electron chi connectivity index (χ0n) is 7.91. The van der Waals surface area contributed by atoms with Gasteiger partial charge < -0.3 is 30.0 Å². The average molecular weight is 195 g/mol. The summed E-state index contributed by atoms with van der Waals surface area (Å²) in [7, 11) is -0.579. The van der Waals surface area contributed by atoms with Crippen LogP contribution in [0.5, 0.6) is 0 Å². The van der Waals surface area contributed by atoms with Gasteiger partial charge in [0.25, 0.3) is 0 Å². The van der Waals surface area contributed by atoms with Crippen LogP contribution in [0.25, 0.3) is 0 Å². The fourth-order valence-electron chi connectivity index (χ4n) is 0.804. The highest BCUT2D eigenvalue weighted by atomic mass is 16.5. The molecule has 0 spiro atoms. The van der Waals surface area contributed by atoms with Gasteiger partial charge in [-0.1, -0.05) is 0 Å². The monoisotopic (exact) mass is 195 g/mol. The van der Waals surface area contributed by atoms with Gasteiger partial charge in [0.15, 0.2) is 6.29 Å². The second-order valence-electron chi connectivity index (χ2n) is 2.50. The third-order valence-corrected chi connectivity index (χ3v) is 1.59. The van der Waals surface area contributed by atoms with Crippen molar-refractivity contribution in [2.24, 2.45) is 0 Å². The summed E-state index contributed by atoms with van der Waals surface area (Å²) in [6, 6.07) is 0. The summed E-state index contributed by atoms with van der Waals surface area (Å²) in [6.45, 7) is -0.732. The topological polar surface area (TPSA) is 107 Å². The molecule has 78 valence electrons. The molecule has 0 aliphatic heterocycles. The maximum Gasteiger partial charge on any atom is 0.151 e. The molecule has 0 saturated carbocycles. The maximum absolute atomic E-state index is 10.2. The van der Waals surface area contributed by atoms with Crippen molar-refractivity contribution in [3.8, 4) is 0 Å². The van der Waals surface area contributed by atoms with Gasteiger partial charge in [0.2, 0.25) is 0 Å². The van der Waals surface area contributed by atoms with E-state index >= 15 is 0 Å². The van der Waals surface area contributed by atoms with Gasteiger partial charge in [-0.05, 0) is 0 Å². The Morgan fingerprint density at radius 1 is 1.54 bits per heavy atom. The number of hydrogen-bond acceptors (Lipinski definition) is 6. The van der Waals surface area contributed by atoms with E-state index in [0.29, 0.717) is 0 Å². The van der Waals surface area contributed by atoms with Crippen LogP contribution in [0.3, 0.4) is 0 Å². The zero-order valence-corrected chi connectivity index (χ0v) is 6.91. The van der Waals surface area contributed by atoms with E-state index in [9.17, 15) is 9.90 Å². The standard InChI is InChI=1S/C7H14O6/c1-13-7(5(11)3-9)6(12)4(10)2-8/h3-8,10-12H,2H2,1H3/t4-,5-,6-,7-/m1/s1/i1D. The number of hydrogen-bond donors (Lipinski definition) is 4. The van der Waals surface area contributed by atoms with E-state index in [1.54, 1.807) is 0 Å². The molecular formula is C7H14O6. The molecule has 4 atom stereocenters. The Morgan fingerprint density at radius 2 is 2.15 bits per heavy atom. The molecule has 6 heteroatoms. The van der Waals surface area contributed by atoms with E-state index in [4.69, 9.17) is 16.7 Å². The van der Waals surface area contributed by atoms with Crippen LogP contribution in [-0.4, -0.2) is 64.8 Å². The van der Waals surface area contributed by atoms with Gasteiger partial charge in [0.05, 0.1) is 7.98 Å². The molecule has 0 fully saturated rings. The zero-order chi connectivity index (χ0) is 11.1. The fraction of sp³-hybridized carbons (Fsp3) is 0.857. The molecule has 0 aliphatic rings. The Hall–Kier alpha value is -0.530. The van der Waals surface area contributed by atoms with Crippen molar-refractivity contribution in [1.29, 1.82) is 0 Å². The molecule has 0 aliphatic carbocycles. The van der Waals surface area contributed by atoms with Crippen molar-refractivity contribution in [3.63, 3.8) is 0 Å². The summed E-state index contributed by atoms with van der Waals surface area (Å²) in [4.78, 5) is 10.2. The SMILES string of the molecule is [2H]CO[C@@H]([C@H](O)[C@H](O)CO)[C@H](O)C=O. The number of aliphatic hydroxyl groups is 4. The Balaban J connectivity index is 4.38. The highest BCUT2D eigenvalue weighted by molar-refractivity contribution is 5.56. The van der Waals surface area contributed by atoms with Gasteiger partial charge in [-0.2, -0.15) is 0 Å². The highest BCUT2D eigenvalue weighted by Crippen LogP contribution is 2.07. The number of ether oxygens (including phenoxy) is 1. The van der Waals surface area contributed by atoms with E-state index in [-0.39, 0.29) is 6.29 Å². The number of rotatable bonds is 6. The molecular weight excluding hydrogens is 180 g/mol. The minimum absolute atomic E-state index is 0.119. The lowest BCUT2D eigenvalue weighted by Crippen LogP contribution is -2.47. The first-order valence-corrected chi connectivity index (χ1v) is 3.59. The smallest absolute Gasteiger partial charge is 0.151 e. The number of aliphatic hydroxyl groups excluding tert-OH is 4. The van der Waals surface area contributed by atoms with Gasteiger partial charge in [-0.3, -0.25) is 0 Å². The quantitative estimate of drug-likeness (QED) is 0.343. The van der Waals surface area contributed by atoms with E-state index in [2.05, 4.69) is 4.74 Å². The number of carbonyl (C=O) groups excluding carboxylic acids is 1. The van der Waals surface area contributed by atoms with E-state index < -0.39 is 38.1 Å². The van der Waals surface area contributed by atoms with Crippen molar-refractivity contribution in [2.45, 2.75) is 24.4 Å². The van der Waals surface area contributed by atoms with Gasteiger partial charge in [-0.15, -0.1) is 0 Å². The summed E-state index contributed by atoms with van der Waals surface area (Å²) >= 11 is 0. The van der Waals surface area contributed by atoms with E-state index in [1.165, 1.54) is 0 Å². The molecule has 0 aromatic carbocycles. The van der Waals surface area contributed by atoms with E-state index in [0.717, 1.165) is 0 Å². The van der Waals surface area contributed by atoms with Crippen LogP contribution in [0, 0.1) is 0 Å². The van der Waals surface area contributed by atoms with Crippen molar-refractivity contribution >= 4 is 6.29 Å². The summed E-state index contributed by atoms with van der Waals surface area (Å²) < 4.78 is 11.2. The van der Waals surface area contributed by atoms with Crippen LogP contribution in [0.2, 0.25) is 0 Å². The van der Waals surface area contributed by atoms with Gasteiger partial charge in [0, 0.05) is 7.09 Å². The van der Waals surface area contributed by atoms with Crippen LogP contribution in [0.1, 0.15) is 1.37 Å². The van der Waals surface area contributed by atoms with E-state index in [1.807, 2.05) is 0 Å². The second kappa shape index (κ2) is 6.01. The molecule has 0 amide bonds. The van der Waals surface area contributed by atoms with Crippen LogP contribution in [0.15, 0.2) is 0 Å². The molecule has 0 heterocycles. The largest absolute Gasteiger partial charge is 0.394 e. The number of aldehydes is 1. The Labute approximate surface area is 76.8 Å². The molecule has 0 rings (SSSR count). The minimum atomic E-state index is -1.64. The lowest BCUT2D eigenvalue weighted by Gasteiger charge is -2.25. The van der Waals surface area contributed by atoms with Crippen molar-refractivity contribution in [3.05, 3.63) is 0 Å². The average Bonchev–Trinajstić information content (AvgIpc) is 2.22. The first kappa shape index (κ1) is 10.6.